The monoisotopic (exact) mass is 192 g/mol. The van der Waals surface area contributed by atoms with E-state index in [0.717, 1.165) is 16.7 Å². The summed E-state index contributed by atoms with van der Waals surface area (Å²) in [5.74, 6) is 6.16. The third-order valence-corrected chi connectivity index (χ3v) is 2.18. The van der Waals surface area contributed by atoms with Crippen LogP contribution in [0.2, 0.25) is 0 Å². The molecule has 0 saturated heterocycles. The number of rotatable bonds is 1. The highest BCUT2D eigenvalue weighted by Gasteiger charge is 2.03. The van der Waals surface area contributed by atoms with Gasteiger partial charge in [0.05, 0.1) is 4.88 Å². The predicted octanol–water partition coefficient (Wildman–Crippen LogP) is 2.96. The van der Waals surface area contributed by atoms with E-state index in [4.69, 9.17) is 0 Å². The molecule has 0 aliphatic heterocycles. The Labute approximate surface area is 82.8 Å². The first-order valence-electron chi connectivity index (χ1n) is 4.08. The maximum atomic E-state index is 10.4. The molecule has 0 aliphatic carbocycles. The molecular weight excluding hydrogens is 180 g/mol. The number of aldehydes is 1. The maximum absolute atomic E-state index is 10.4. The van der Waals surface area contributed by atoms with Gasteiger partial charge in [-0.15, -0.1) is 11.3 Å². The molecule has 68 valence electrons. The molecular formula is C11H12OS. The van der Waals surface area contributed by atoms with Crippen molar-refractivity contribution in [3.05, 3.63) is 21.9 Å². The van der Waals surface area contributed by atoms with Crippen molar-refractivity contribution in [2.45, 2.75) is 20.8 Å². The lowest BCUT2D eigenvalue weighted by Crippen LogP contribution is -1.99. The van der Waals surface area contributed by atoms with Crippen LogP contribution in [0.3, 0.4) is 0 Å². The smallest absolute Gasteiger partial charge is 0.160 e. The standard InChI is InChI=1S/C11H12OS/c1-11(2,3)5-4-9-6-10(7-12)13-8-9/h6-8H,1-3H3. The van der Waals surface area contributed by atoms with Crippen LogP contribution in [0, 0.1) is 17.3 Å². The average molecular weight is 192 g/mol. The Hall–Kier alpha value is -1.07. The highest BCUT2D eigenvalue weighted by atomic mass is 32.1. The lowest BCUT2D eigenvalue weighted by molar-refractivity contribution is 0.112. The minimum Gasteiger partial charge on any atom is -0.297 e. The minimum atomic E-state index is 0.0171. The van der Waals surface area contributed by atoms with Crippen molar-refractivity contribution < 1.29 is 4.79 Å². The van der Waals surface area contributed by atoms with Crippen molar-refractivity contribution in [3.8, 4) is 11.8 Å². The molecule has 1 heterocycles. The van der Waals surface area contributed by atoms with E-state index in [2.05, 4.69) is 32.6 Å². The third kappa shape index (κ3) is 3.43. The second-order valence-electron chi connectivity index (χ2n) is 3.86. The summed E-state index contributed by atoms with van der Waals surface area (Å²) in [6.45, 7) is 6.19. The molecule has 0 aliphatic rings. The summed E-state index contributed by atoms with van der Waals surface area (Å²) in [5, 5.41) is 1.91. The van der Waals surface area contributed by atoms with Crippen molar-refractivity contribution in [1.82, 2.24) is 0 Å². The second-order valence-corrected chi connectivity index (χ2v) is 4.80. The second kappa shape index (κ2) is 3.76. The van der Waals surface area contributed by atoms with Gasteiger partial charge in [0, 0.05) is 16.4 Å². The maximum Gasteiger partial charge on any atom is 0.160 e. The Balaban J connectivity index is 2.84. The summed E-state index contributed by atoms with van der Waals surface area (Å²) < 4.78 is 0. The average Bonchev–Trinajstić information content (AvgIpc) is 2.47. The summed E-state index contributed by atoms with van der Waals surface area (Å²) in [6.07, 6.45) is 0.854. The SMILES string of the molecule is CC(C)(C)C#Cc1csc(C=O)c1. The van der Waals surface area contributed by atoms with Gasteiger partial charge in [-0.1, -0.05) is 11.8 Å². The van der Waals surface area contributed by atoms with Gasteiger partial charge in [0.15, 0.2) is 6.29 Å². The van der Waals surface area contributed by atoms with E-state index in [9.17, 15) is 4.79 Å². The molecule has 0 unspecified atom stereocenters. The van der Waals surface area contributed by atoms with Gasteiger partial charge in [-0.05, 0) is 26.8 Å². The topological polar surface area (TPSA) is 17.1 Å². The first-order valence-corrected chi connectivity index (χ1v) is 4.96. The van der Waals surface area contributed by atoms with Crippen molar-refractivity contribution >= 4 is 17.6 Å². The molecule has 0 radical (unpaired) electrons. The number of hydrogen-bond acceptors (Lipinski definition) is 2. The van der Waals surface area contributed by atoms with E-state index in [0.29, 0.717) is 0 Å². The lowest BCUT2D eigenvalue weighted by Gasteiger charge is -2.06. The first-order chi connectivity index (χ1) is 6.01. The fourth-order valence-electron chi connectivity index (χ4n) is 0.740. The summed E-state index contributed by atoms with van der Waals surface area (Å²) in [7, 11) is 0. The predicted molar refractivity (Wildman–Crippen MR) is 56.0 cm³/mol. The molecule has 0 aromatic carbocycles. The molecule has 2 heteroatoms. The van der Waals surface area contributed by atoms with Crippen LogP contribution in [0.1, 0.15) is 36.0 Å². The molecule has 1 aromatic rings. The molecule has 0 fully saturated rings. The molecule has 0 bridgehead atoms. The first kappa shape index (κ1) is 10.0. The fourth-order valence-corrected chi connectivity index (χ4v) is 1.38. The van der Waals surface area contributed by atoms with Crippen molar-refractivity contribution in [2.75, 3.05) is 0 Å². The van der Waals surface area contributed by atoms with E-state index in [1.165, 1.54) is 11.3 Å². The Morgan fingerprint density at radius 3 is 2.62 bits per heavy atom. The number of carbonyl (C=O) groups is 1. The van der Waals surface area contributed by atoms with Gasteiger partial charge in [-0.3, -0.25) is 4.79 Å². The van der Waals surface area contributed by atoms with Gasteiger partial charge in [0.1, 0.15) is 0 Å². The zero-order valence-electron chi connectivity index (χ0n) is 8.05. The summed E-state index contributed by atoms with van der Waals surface area (Å²) in [4.78, 5) is 11.1. The zero-order chi connectivity index (χ0) is 9.90. The third-order valence-electron chi connectivity index (χ3n) is 1.32. The largest absolute Gasteiger partial charge is 0.297 e. The molecule has 1 nitrogen and oxygen atoms in total. The van der Waals surface area contributed by atoms with E-state index < -0.39 is 0 Å². The molecule has 0 N–H and O–H groups in total. The van der Waals surface area contributed by atoms with Crippen LogP contribution < -0.4 is 0 Å². The van der Waals surface area contributed by atoms with Crippen molar-refractivity contribution in [2.24, 2.45) is 5.41 Å². The van der Waals surface area contributed by atoms with Gasteiger partial charge in [0.2, 0.25) is 0 Å². The molecule has 0 atom stereocenters. The normalized spacial score (nSPS) is 10.4. The summed E-state index contributed by atoms with van der Waals surface area (Å²) in [6, 6.07) is 1.82. The van der Waals surface area contributed by atoms with Crippen LogP contribution in [0.5, 0.6) is 0 Å². The highest BCUT2D eigenvalue weighted by Crippen LogP contribution is 2.14. The number of carbonyl (C=O) groups excluding carboxylic acids is 1. The highest BCUT2D eigenvalue weighted by molar-refractivity contribution is 7.11. The summed E-state index contributed by atoms with van der Waals surface area (Å²) >= 11 is 1.43. The Bertz CT molecular complexity index is 357. The van der Waals surface area contributed by atoms with Gasteiger partial charge < -0.3 is 0 Å². The quantitative estimate of drug-likeness (QED) is 0.494. The van der Waals surface area contributed by atoms with Crippen LogP contribution >= 0.6 is 11.3 Å². The molecule has 0 saturated carbocycles. The van der Waals surface area contributed by atoms with Crippen molar-refractivity contribution in [3.63, 3.8) is 0 Å². The Kier molecular flexibility index (Phi) is 2.90. The minimum absolute atomic E-state index is 0.0171. The van der Waals surface area contributed by atoms with Crippen LogP contribution in [-0.2, 0) is 0 Å². The van der Waals surface area contributed by atoms with Gasteiger partial charge in [0.25, 0.3) is 0 Å². The van der Waals surface area contributed by atoms with Crippen LogP contribution in [0.15, 0.2) is 11.4 Å². The zero-order valence-corrected chi connectivity index (χ0v) is 8.87. The van der Waals surface area contributed by atoms with Crippen molar-refractivity contribution in [1.29, 1.82) is 0 Å². The Morgan fingerprint density at radius 1 is 1.46 bits per heavy atom. The Morgan fingerprint density at radius 2 is 2.15 bits per heavy atom. The molecule has 1 aromatic heterocycles. The van der Waals surface area contributed by atoms with Gasteiger partial charge in [-0.25, -0.2) is 0 Å². The van der Waals surface area contributed by atoms with E-state index >= 15 is 0 Å². The molecule has 0 amide bonds. The fraction of sp³-hybridized carbons (Fsp3) is 0.364. The van der Waals surface area contributed by atoms with Crippen LogP contribution in [-0.4, -0.2) is 6.29 Å². The van der Waals surface area contributed by atoms with E-state index in [-0.39, 0.29) is 5.41 Å². The van der Waals surface area contributed by atoms with E-state index in [1.807, 2.05) is 11.4 Å². The van der Waals surface area contributed by atoms with Gasteiger partial charge >= 0.3 is 0 Å². The molecule has 1 rings (SSSR count). The van der Waals surface area contributed by atoms with Crippen LogP contribution in [0.25, 0.3) is 0 Å². The molecule has 0 spiro atoms. The van der Waals surface area contributed by atoms with E-state index in [1.54, 1.807) is 0 Å². The lowest BCUT2D eigenvalue weighted by atomic mass is 9.98. The van der Waals surface area contributed by atoms with Gasteiger partial charge in [-0.2, -0.15) is 0 Å². The number of thiophene rings is 1. The molecule has 13 heavy (non-hydrogen) atoms. The van der Waals surface area contributed by atoms with Crippen LogP contribution in [0.4, 0.5) is 0 Å². The summed E-state index contributed by atoms with van der Waals surface area (Å²) in [5.41, 5.74) is 0.950. The number of hydrogen-bond donors (Lipinski definition) is 0.